The van der Waals surface area contributed by atoms with E-state index < -0.39 is 12.0 Å². The van der Waals surface area contributed by atoms with Crippen molar-refractivity contribution < 1.29 is 23.7 Å². The summed E-state index contributed by atoms with van der Waals surface area (Å²) in [5.41, 5.74) is 0.819. The van der Waals surface area contributed by atoms with Crippen LogP contribution < -0.4 is 0 Å². The zero-order valence-electron chi connectivity index (χ0n) is 15.4. The molecule has 2 unspecified atom stereocenters. The van der Waals surface area contributed by atoms with E-state index in [0.717, 1.165) is 14.5 Å². The Morgan fingerprint density at radius 1 is 1.14 bits per heavy atom. The van der Waals surface area contributed by atoms with Gasteiger partial charge in [-0.1, -0.05) is 34.8 Å². The van der Waals surface area contributed by atoms with Crippen molar-refractivity contribution >= 4 is 68.3 Å². The summed E-state index contributed by atoms with van der Waals surface area (Å²) in [6, 6.07) is 3.60. The maximum Gasteiger partial charge on any atom is 0.164 e. The minimum atomic E-state index is -0.736. The molecule has 0 amide bonds. The van der Waals surface area contributed by atoms with Gasteiger partial charge in [-0.15, -0.1) is 0 Å². The number of fused-ring (bicyclic) bond motifs is 2. The fraction of sp³-hybridized carbons (Fsp3) is 0.556. The SMILES string of the molecule is COCOC[C@H]1O[C@@H](n2c(Cl)c(I)c3cc(Cl)c(Cl)cc32)C2OC(C)(C)OC21. The van der Waals surface area contributed by atoms with Crippen LogP contribution in [0.1, 0.15) is 20.1 Å². The standard InChI is InChI=1S/C18H19Cl3INO5/c1-18(2)27-14-12(6-25-7-24-3)26-17(15(14)28-18)23-11-5-10(20)9(19)4-8(11)13(22)16(23)21/h4-5,12,14-15,17H,6-7H2,1-3H3/t12-,14?,15?,17-/m1/s1. The summed E-state index contributed by atoms with van der Waals surface area (Å²) < 4.78 is 31.8. The highest BCUT2D eigenvalue weighted by molar-refractivity contribution is 14.1. The number of nitrogens with zero attached hydrogens (tertiary/aromatic N) is 1. The van der Waals surface area contributed by atoms with Crippen molar-refractivity contribution in [3.63, 3.8) is 0 Å². The summed E-state index contributed by atoms with van der Waals surface area (Å²) in [7, 11) is 1.57. The summed E-state index contributed by atoms with van der Waals surface area (Å²) in [5.74, 6) is -0.736. The molecule has 0 spiro atoms. The van der Waals surface area contributed by atoms with Crippen LogP contribution in [-0.4, -0.2) is 49.2 Å². The van der Waals surface area contributed by atoms with Crippen LogP contribution in [0.2, 0.25) is 15.2 Å². The van der Waals surface area contributed by atoms with Gasteiger partial charge < -0.3 is 28.3 Å². The first-order valence-electron chi connectivity index (χ1n) is 8.65. The quantitative estimate of drug-likeness (QED) is 0.283. The Morgan fingerprint density at radius 2 is 1.82 bits per heavy atom. The fourth-order valence-electron chi connectivity index (χ4n) is 3.73. The van der Waals surface area contributed by atoms with Crippen LogP contribution in [0.5, 0.6) is 0 Å². The smallest absolute Gasteiger partial charge is 0.164 e. The van der Waals surface area contributed by atoms with Crippen LogP contribution in [0.4, 0.5) is 0 Å². The predicted octanol–water partition coefficient (Wildman–Crippen LogP) is 5.24. The van der Waals surface area contributed by atoms with Crippen LogP contribution in [-0.2, 0) is 23.7 Å². The molecule has 1 aromatic carbocycles. The Balaban J connectivity index is 1.76. The molecule has 4 atom stereocenters. The monoisotopic (exact) mass is 561 g/mol. The van der Waals surface area contributed by atoms with Gasteiger partial charge in [0.25, 0.3) is 0 Å². The summed E-state index contributed by atoms with van der Waals surface area (Å²) in [6.07, 6.45) is -1.49. The van der Waals surface area contributed by atoms with E-state index in [4.69, 9.17) is 58.5 Å². The van der Waals surface area contributed by atoms with Crippen LogP contribution in [0.3, 0.4) is 0 Å². The second-order valence-electron chi connectivity index (χ2n) is 7.17. The average Bonchev–Trinajstić information content (AvgIpc) is 3.19. The van der Waals surface area contributed by atoms with Gasteiger partial charge in [-0.2, -0.15) is 0 Å². The lowest BCUT2D eigenvalue weighted by molar-refractivity contribution is -0.204. The van der Waals surface area contributed by atoms with E-state index in [2.05, 4.69) is 22.6 Å². The largest absolute Gasteiger partial charge is 0.359 e. The van der Waals surface area contributed by atoms with E-state index in [9.17, 15) is 0 Å². The highest BCUT2D eigenvalue weighted by Crippen LogP contribution is 2.47. The Morgan fingerprint density at radius 3 is 2.54 bits per heavy atom. The molecule has 0 aliphatic carbocycles. The zero-order valence-corrected chi connectivity index (χ0v) is 19.8. The van der Waals surface area contributed by atoms with Crippen molar-refractivity contribution in [2.75, 3.05) is 20.5 Å². The lowest BCUT2D eigenvalue weighted by Gasteiger charge is -2.25. The number of hydrogen-bond acceptors (Lipinski definition) is 5. The molecular weight excluding hydrogens is 543 g/mol. The highest BCUT2D eigenvalue weighted by atomic mass is 127. The zero-order chi connectivity index (χ0) is 20.2. The Kier molecular flexibility index (Phi) is 6.12. The van der Waals surface area contributed by atoms with Gasteiger partial charge >= 0.3 is 0 Å². The Bertz CT molecular complexity index is 905. The van der Waals surface area contributed by atoms with Crippen LogP contribution in [0.25, 0.3) is 10.9 Å². The molecule has 6 nitrogen and oxygen atoms in total. The van der Waals surface area contributed by atoms with E-state index in [1.807, 2.05) is 24.5 Å². The van der Waals surface area contributed by atoms with Crippen molar-refractivity contribution in [1.29, 1.82) is 0 Å². The van der Waals surface area contributed by atoms with E-state index in [1.54, 1.807) is 13.2 Å². The Hall–Kier alpha value is 0.160. The van der Waals surface area contributed by atoms with Crippen molar-refractivity contribution in [2.24, 2.45) is 0 Å². The highest BCUT2D eigenvalue weighted by Gasteiger charge is 2.56. The topological polar surface area (TPSA) is 51.1 Å². The molecule has 2 fully saturated rings. The average molecular weight is 563 g/mol. The van der Waals surface area contributed by atoms with Crippen molar-refractivity contribution in [1.82, 2.24) is 4.57 Å². The molecule has 0 saturated carbocycles. The van der Waals surface area contributed by atoms with E-state index in [-0.39, 0.29) is 25.1 Å². The molecule has 1 aromatic heterocycles. The van der Waals surface area contributed by atoms with Crippen molar-refractivity contribution in [3.8, 4) is 0 Å². The first-order chi connectivity index (χ1) is 13.2. The lowest BCUT2D eigenvalue weighted by Crippen LogP contribution is -2.33. The number of rotatable bonds is 5. The van der Waals surface area contributed by atoms with Gasteiger partial charge in [0.05, 0.1) is 25.7 Å². The molecule has 10 heteroatoms. The van der Waals surface area contributed by atoms with Crippen LogP contribution >= 0.6 is 57.4 Å². The van der Waals surface area contributed by atoms with Crippen molar-refractivity contribution in [3.05, 3.63) is 30.9 Å². The molecule has 2 saturated heterocycles. The Labute approximate surface area is 191 Å². The normalized spacial score (nSPS) is 29.0. The number of aromatic nitrogens is 1. The molecule has 0 N–H and O–H groups in total. The van der Waals surface area contributed by atoms with E-state index >= 15 is 0 Å². The molecule has 28 heavy (non-hydrogen) atoms. The number of halogens is 4. The minimum absolute atomic E-state index is 0.172. The molecule has 3 heterocycles. The summed E-state index contributed by atoms with van der Waals surface area (Å²) in [6.45, 7) is 4.24. The second kappa shape index (κ2) is 8.01. The molecule has 2 aromatic rings. The number of methoxy groups -OCH3 is 1. The lowest BCUT2D eigenvalue weighted by atomic mass is 10.1. The molecule has 0 bridgehead atoms. The molecule has 4 rings (SSSR count). The number of ether oxygens (including phenoxy) is 5. The van der Waals surface area contributed by atoms with Gasteiger partial charge in [0.2, 0.25) is 0 Å². The van der Waals surface area contributed by atoms with Gasteiger partial charge in [-0.25, -0.2) is 0 Å². The second-order valence-corrected chi connectivity index (χ2v) is 9.42. The van der Waals surface area contributed by atoms with Gasteiger partial charge in [-0.05, 0) is 48.6 Å². The third-order valence-corrected chi connectivity index (χ3v) is 7.29. The summed E-state index contributed by atoms with van der Waals surface area (Å²) >= 11 is 21.4. The molecule has 2 aliphatic heterocycles. The molecule has 2 aliphatic rings. The summed E-state index contributed by atoms with van der Waals surface area (Å²) in [5, 5.41) is 2.35. The first-order valence-corrected chi connectivity index (χ1v) is 10.9. The fourth-order valence-corrected chi connectivity index (χ4v) is 5.03. The molecule has 0 radical (unpaired) electrons. The molecule has 154 valence electrons. The van der Waals surface area contributed by atoms with Crippen LogP contribution in [0.15, 0.2) is 12.1 Å². The van der Waals surface area contributed by atoms with Gasteiger partial charge in [-0.3, -0.25) is 0 Å². The molecular formula is C18H19Cl3INO5. The number of hydrogen-bond donors (Lipinski definition) is 0. The number of benzene rings is 1. The van der Waals surface area contributed by atoms with Crippen molar-refractivity contribution in [2.45, 2.75) is 44.2 Å². The third-order valence-electron chi connectivity index (χ3n) is 4.79. The van der Waals surface area contributed by atoms with Gasteiger partial charge in [0.1, 0.15) is 30.3 Å². The maximum absolute atomic E-state index is 6.70. The van der Waals surface area contributed by atoms with E-state index in [0.29, 0.717) is 21.8 Å². The van der Waals surface area contributed by atoms with Crippen LogP contribution in [0, 0.1) is 3.57 Å². The maximum atomic E-state index is 6.70. The first kappa shape index (κ1) is 21.4. The third kappa shape index (κ3) is 3.67. The van der Waals surface area contributed by atoms with E-state index in [1.165, 1.54) is 0 Å². The summed E-state index contributed by atoms with van der Waals surface area (Å²) in [4.78, 5) is 0. The minimum Gasteiger partial charge on any atom is -0.359 e. The predicted molar refractivity (Wildman–Crippen MR) is 115 cm³/mol. The van der Waals surface area contributed by atoms with Gasteiger partial charge in [0.15, 0.2) is 12.0 Å². The van der Waals surface area contributed by atoms with Gasteiger partial charge in [0, 0.05) is 12.5 Å².